The summed E-state index contributed by atoms with van der Waals surface area (Å²) in [5.41, 5.74) is 8.30. The third kappa shape index (κ3) is 4.74. The number of rotatable bonds is 5. The van der Waals surface area contributed by atoms with Crippen LogP contribution < -0.4 is 4.90 Å². The first kappa shape index (κ1) is 28.3. The lowest BCUT2D eigenvalue weighted by molar-refractivity contribution is 1.29. The van der Waals surface area contributed by atoms with Gasteiger partial charge in [-0.1, -0.05) is 121 Å². The molecular weight excluding hydrogens is 631 g/mol. The van der Waals surface area contributed by atoms with Crippen molar-refractivity contribution in [3.8, 4) is 22.3 Å². The highest BCUT2D eigenvalue weighted by molar-refractivity contribution is 7.26. The predicted octanol–water partition coefficient (Wildman–Crippen LogP) is 14.4. The Balaban J connectivity index is 1.13. The molecule has 10 rings (SSSR count). The molecule has 1 nitrogen and oxygen atoms in total. The molecule has 0 bridgehead atoms. The van der Waals surface area contributed by atoms with Crippen molar-refractivity contribution >= 4 is 90.9 Å². The summed E-state index contributed by atoms with van der Waals surface area (Å²) in [6.45, 7) is 0. The Morgan fingerprint density at radius 2 is 0.898 bits per heavy atom. The largest absolute Gasteiger partial charge is 0.310 e. The van der Waals surface area contributed by atoms with E-state index in [1.807, 2.05) is 22.7 Å². The van der Waals surface area contributed by atoms with Crippen LogP contribution in [0.5, 0.6) is 0 Å². The van der Waals surface area contributed by atoms with Gasteiger partial charge in [-0.3, -0.25) is 0 Å². The lowest BCUT2D eigenvalue weighted by Crippen LogP contribution is -2.09. The summed E-state index contributed by atoms with van der Waals surface area (Å²) in [6, 6.07) is 64.4. The molecule has 0 saturated carbocycles. The van der Waals surface area contributed by atoms with Gasteiger partial charge in [0.05, 0.1) is 0 Å². The number of anilines is 3. The average Bonchev–Trinajstić information content (AvgIpc) is 3.73. The summed E-state index contributed by atoms with van der Waals surface area (Å²) in [5.74, 6) is 0. The summed E-state index contributed by atoms with van der Waals surface area (Å²) < 4.78 is 5.27. The van der Waals surface area contributed by atoms with E-state index in [-0.39, 0.29) is 0 Å². The molecule has 2 aromatic heterocycles. The molecule has 0 aliphatic heterocycles. The monoisotopic (exact) mass is 659 g/mol. The maximum atomic E-state index is 2.40. The van der Waals surface area contributed by atoms with Crippen LogP contribution in [0.25, 0.3) is 73.4 Å². The van der Waals surface area contributed by atoms with Crippen LogP contribution in [0.3, 0.4) is 0 Å². The van der Waals surface area contributed by atoms with Crippen molar-refractivity contribution in [3.05, 3.63) is 176 Å². The van der Waals surface area contributed by atoms with Crippen molar-refractivity contribution in [3.63, 3.8) is 0 Å². The van der Waals surface area contributed by atoms with Gasteiger partial charge in [-0.25, -0.2) is 0 Å². The van der Waals surface area contributed by atoms with E-state index in [4.69, 9.17) is 0 Å². The van der Waals surface area contributed by atoms with E-state index in [0.717, 1.165) is 17.1 Å². The molecule has 0 N–H and O–H groups in total. The van der Waals surface area contributed by atoms with E-state index in [2.05, 4.69) is 181 Å². The van der Waals surface area contributed by atoms with Crippen LogP contribution in [0.1, 0.15) is 0 Å². The third-order valence-electron chi connectivity index (χ3n) is 9.65. The number of hydrogen-bond donors (Lipinski definition) is 0. The fourth-order valence-corrected chi connectivity index (χ4v) is 9.68. The first-order chi connectivity index (χ1) is 24.3. The smallest absolute Gasteiger partial charge is 0.0476 e. The molecule has 0 fully saturated rings. The molecule has 10 aromatic rings. The first-order valence-corrected chi connectivity index (χ1v) is 18.2. The van der Waals surface area contributed by atoms with Crippen LogP contribution in [0.15, 0.2) is 176 Å². The highest BCUT2D eigenvalue weighted by Gasteiger charge is 2.17. The number of thiophene rings is 2. The second-order valence-electron chi connectivity index (χ2n) is 12.5. The summed E-state index contributed by atoms with van der Waals surface area (Å²) in [4.78, 5) is 2.40. The molecule has 8 aromatic carbocycles. The van der Waals surface area contributed by atoms with E-state index in [9.17, 15) is 0 Å². The highest BCUT2D eigenvalue weighted by Crippen LogP contribution is 2.45. The molecular formula is C46H29NS2. The Bertz CT molecular complexity index is 2830. The molecule has 230 valence electrons. The molecule has 0 aliphatic rings. The van der Waals surface area contributed by atoms with Crippen LogP contribution >= 0.6 is 22.7 Å². The van der Waals surface area contributed by atoms with E-state index >= 15 is 0 Å². The normalized spacial score (nSPS) is 11.7. The zero-order valence-electron chi connectivity index (χ0n) is 26.5. The van der Waals surface area contributed by atoms with Crippen molar-refractivity contribution in [1.29, 1.82) is 0 Å². The van der Waals surface area contributed by atoms with Gasteiger partial charge in [0, 0.05) is 57.4 Å². The van der Waals surface area contributed by atoms with Crippen molar-refractivity contribution < 1.29 is 0 Å². The Morgan fingerprint density at radius 3 is 1.71 bits per heavy atom. The number of hydrogen-bond acceptors (Lipinski definition) is 3. The van der Waals surface area contributed by atoms with E-state index in [1.165, 1.54) is 73.4 Å². The van der Waals surface area contributed by atoms with Gasteiger partial charge < -0.3 is 4.90 Å². The molecule has 0 unspecified atom stereocenters. The quantitative estimate of drug-likeness (QED) is 0.178. The first-order valence-electron chi connectivity index (χ1n) is 16.6. The molecule has 0 amide bonds. The highest BCUT2D eigenvalue weighted by atomic mass is 32.1. The predicted molar refractivity (Wildman–Crippen MR) is 215 cm³/mol. The third-order valence-corrected chi connectivity index (χ3v) is 11.9. The van der Waals surface area contributed by atoms with Crippen molar-refractivity contribution in [2.75, 3.05) is 4.90 Å². The number of fused-ring (bicyclic) bond motifs is 8. The van der Waals surface area contributed by atoms with E-state index in [1.54, 1.807) is 0 Å². The average molecular weight is 660 g/mol. The summed E-state index contributed by atoms with van der Waals surface area (Å²) in [6.07, 6.45) is 0. The van der Waals surface area contributed by atoms with Gasteiger partial charge >= 0.3 is 0 Å². The summed E-state index contributed by atoms with van der Waals surface area (Å²) in [7, 11) is 0. The second kappa shape index (κ2) is 11.5. The Morgan fingerprint density at radius 1 is 0.306 bits per heavy atom. The van der Waals surface area contributed by atoms with Crippen LogP contribution in [-0.4, -0.2) is 0 Å². The molecule has 0 radical (unpaired) electrons. The van der Waals surface area contributed by atoms with Gasteiger partial charge in [0.2, 0.25) is 0 Å². The Kier molecular flexibility index (Phi) is 6.61. The van der Waals surface area contributed by atoms with Crippen LogP contribution in [0.4, 0.5) is 17.1 Å². The van der Waals surface area contributed by atoms with Gasteiger partial charge in [0.15, 0.2) is 0 Å². The van der Waals surface area contributed by atoms with Crippen molar-refractivity contribution in [1.82, 2.24) is 0 Å². The van der Waals surface area contributed by atoms with E-state index in [0.29, 0.717) is 0 Å². The van der Waals surface area contributed by atoms with Crippen LogP contribution in [-0.2, 0) is 0 Å². The van der Waals surface area contributed by atoms with Crippen LogP contribution in [0.2, 0.25) is 0 Å². The number of nitrogens with zero attached hydrogens (tertiary/aromatic N) is 1. The zero-order valence-corrected chi connectivity index (χ0v) is 28.1. The molecule has 2 heterocycles. The summed E-state index contributed by atoms with van der Waals surface area (Å²) in [5, 5.41) is 7.92. The second-order valence-corrected chi connectivity index (χ2v) is 14.7. The lowest BCUT2D eigenvalue weighted by Gasteiger charge is -2.26. The van der Waals surface area contributed by atoms with Gasteiger partial charge in [0.25, 0.3) is 0 Å². The molecule has 0 spiro atoms. The maximum absolute atomic E-state index is 2.40. The topological polar surface area (TPSA) is 3.24 Å². The fraction of sp³-hybridized carbons (Fsp3) is 0. The standard InChI is InChI=1S/C46H29NS2/c1-2-11-30(12-3-1)32-13-10-14-34(27-32)47(35-25-26-38-37-16-6-8-19-42(37)48-44(38)28-35)33-23-21-31(22-24-33)41-29-45-46(39-17-5-4-15-36(39)41)40-18-7-9-20-43(40)49-45/h1-29H. The Labute approximate surface area is 292 Å². The maximum Gasteiger partial charge on any atom is 0.0476 e. The van der Waals surface area contributed by atoms with Crippen molar-refractivity contribution in [2.24, 2.45) is 0 Å². The van der Waals surface area contributed by atoms with Gasteiger partial charge in [0.1, 0.15) is 0 Å². The molecule has 0 saturated heterocycles. The summed E-state index contributed by atoms with van der Waals surface area (Å²) >= 11 is 3.74. The zero-order chi connectivity index (χ0) is 32.3. The van der Waals surface area contributed by atoms with Crippen LogP contribution in [0, 0.1) is 0 Å². The molecule has 0 aliphatic carbocycles. The van der Waals surface area contributed by atoms with Crippen molar-refractivity contribution in [2.45, 2.75) is 0 Å². The SMILES string of the molecule is c1ccc(-c2cccc(N(c3ccc(-c4cc5sc6ccccc6c5c5ccccc45)cc3)c3ccc4c(c3)sc3ccccc34)c2)cc1. The van der Waals surface area contributed by atoms with Gasteiger partial charge in [-0.15, -0.1) is 22.7 Å². The minimum Gasteiger partial charge on any atom is -0.310 e. The lowest BCUT2D eigenvalue weighted by atomic mass is 9.95. The minimum absolute atomic E-state index is 1.13. The molecule has 49 heavy (non-hydrogen) atoms. The molecule has 3 heteroatoms. The van der Waals surface area contributed by atoms with Gasteiger partial charge in [-0.05, 0) is 87.6 Å². The van der Waals surface area contributed by atoms with Gasteiger partial charge in [-0.2, -0.15) is 0 Å². The number of benzene rings is 8. The molecule has 0 atom stereocenters. The minimum atomic E-state index is 1.13. The Hall–Kier alpha value is -5.74. The fourth-order valence-electron chi connectivity index (χ4n) is 7.37. The van der Waals surface area contributed by atoms with E-state index < -0.39 is 0 Å².